The third-order valence-electron chi connectivity index (χ3n) is 3.52. The lowest BCUT2D eigenvalue weighted by atomic mass is 10.1. The summed E-state index contributed by atoms with van der Waals surface area (Å²) < 4.78 is 11.0. The number of thiazole rings is 1. The summed E-state index contributed by atoms with van der Waals surface area (Å²) in [6, 6.07) is 4.14. The van der Waals surface area contributed by atoms with Gasteiger partial charge in [0.05, 0.1) is 12.3 Å². The number of hydrogen-bond donors (Lipinski definition) is 0. The van der Waals surface area contributed by atoms with Crippen molar-refractivity contribution in [3.63, 3.8) is 0 Å². The molecule has 22 heavy (non-hydrogen) atoms. The Morgan fingerprint density at radius 1 is 1.18 bits per heavy atom. The molecule has 1 aromatic carbocycles. The van der Waals surface area contributed by atoms with E-state index in [1.165, 1.54) is 16.9 Å². The number of aromatic nitrogens is 1. The first kappa shape index (κ1) is 16.5. The molecule has 2 aromatic rings. The predicted octanol–water partition coefficient (Wildman–Crippen LogP) is 4.13. The number of aryl methyl sites for hydroxylation is 3. The minimum Gasteiger partial charge on any atom is -0.486 e. The molecule has 5 heteroatoms. The molecule has 0 aliphatic heterocycles. The topological polar surface area (TPSA) is 48.4 Å². The van der Waals surface area contributed by atoms with E-state index in [0.717, 1.165) is 21.9 Å². The highest BCUT2D eigenvalue weighted by molar-refractivity contribution is 7.13. The van der Waals surface area contributed by atoms with E-state index in [2.05, 4.69) is 31.0 Å². The molecule has 0 N–H and O–H groups in total. The molecule has 0 amide bonds. The SMILES string of the molecule is CCOC(=O)c1sc(COc2c(C)ccc(C)c2C)nc1C. The number of nitrogens with zero attached hydrogens (tertiary/aromatic N) is 1. The van der Waals surface area contributed by atoms with E-state index in [1.54, 1.807) is 6.92 Å². The van der Waals surface area contributed by atoms with Crippen LogP contribution in [0.3, 0.4) is 0 Å². The lowest BCUT2D eigenvalue weighted by molar-refractivity contribution is 0.0531. The highest BCUT2D eigenvalue weighted by atomic mass is 32.1. The van der Waals surface area contributed by atoms with Crippen molar-refractivity contribution in [3.05, 3.63) is 44.4 Å². The first-order valence-corrected chi connectivity index (χ1v) is 8.08. The van der Waals surface area contributed by atoms with Crippen LogP contribution >= 0.6 is 11.3 Å². The van der Waals surface area contributed by atoms with E-state index >= 15 is 0 Å². The average molecular weight is 319 g/mol. The minimum atomic E-state index is -0.313. The van der Waals surface area contributed by atoms with Gasteiger partial charge in [0, 0.05) is 0 Å². The van der Waals surface area contributed by atoms with Crippen molar-refractivity contribution in [2.24, 2.45) is 0 Å². The molecule has 0 fully saturated rings. The monoisotopic (exact) mass is 319 g/mol. The van der Waals surface area contributed by atoms with Gasteiger partial charge in [-0.05, 0) is 51.3 Å². The molecule has 0 aliphatic rings. The van der Waals surface area contributed by atoms with Crippen molar-refractivity contribution in [1.29, 1.82) is 0 Å². The molecule has 0 spiro atoms. The van der Waals surface area contributed by atoms with Crippen LogP contribution in [0.1, 0.15) is 44.0 Å². The van der Waals surface area contributed by atoms with E-state index in [9.17, 15) is 4.79 Å². The summed E-state index contributed by atoms with van der Waals surface area (Å²) in [4.78, 5) is 16.8. The second kappa shape index (κ2) is 6.92. The van der Waals surface area contributed by atoms with Crippen molar-refractivity contribution in [2.45, 2.75) is 41.2 Å². The summed E-state index contributed by atoms with van der Waals surface area (Å²) in [5, 5.41) is 0.779. The minimum absolute atomic E-state index is 0.313. The van der Waals surface area contributed by atoms with E-state index in [1.807, 2.05) is 13.8 Å². The molecule has 0 aliphatic carbocycles. The number of rotatable bonds is 5. The Balaban J connectivity index is 2.15. The fourth-order valence-electron chi connectivity index (χ4n) is 2.18. The molecule has 118 valence electrons. The van der Waals surface area contributed by atoms with E-state index in [4.69, 9.17) is 9.47 Å². The second-order valence-corrected chi connectivity index (χ2v) is 6.27. The summed E-state index contributed by atoms with van der Waals surface area (Å²) in [6.07, 6.45) is 0. The van der Waals surface area contributed by atoms with Crippen molar-refractivity contribution >= 4 is 17.3 Å². The molecule has 1 heterocycles. The summed E-state index contributed by atoms with van der Waals surface area (Å²) in [7, 11) is 0. The number of carbonyl (C=O) groups excluding carboxylic acids is 1. The molecule has 0 radical (unpaired) electrons. The third kappa shape index (κ3) is 3.47. The van der Waals surface area contributed by atoms with E-state index in [0.29, 0.717) is 23.8 Å². The van der Waals surface area contributed by atoms with Gasteiger partial charge in [0.15, 0.2) is 0 Å². The molecule has 0 bridgehead atoms. The smallest absolute Gasteiger partial charge is 0.350 e. The van der Waals surface area contributed by atoms with Gasteiger partial charge < -0.3 is 9.47 Å². The molecule has 2 rings (SSSR count). The Labute approximate surface area is 135 Å². The van der Waals surface area contributed by atoms with E-state index < -0.39 is 0 Å². The third-order valence-corrected chi connectivity index (χ3v) is 4.63. The molecule has 0 saturated carbocycles. The van der Waals surface area contributed by atoms with Crippen LogP contribution in [-0.4, -0.2) is 17.6 Å². The maximum atomic E-state index is 11.8. The zero-order chi connectivity index (χ0) is 16.3. The standard InChI is InChI=1S/C17H21NO3S/c1-6-20-17(19)16-13(5)18-14(22-16)9-21-15-11(3)8-7-10(2)12(15)4/h7-8H,6,9H2,1-5H3. The number of carbonyl (C=O) groups is 1. The number of esters is 1. The highest BCUT2D eigenvalue weighted by Gasteiger charge is 2.17. The van der Waals surface area contributed by atoms with Gasteiger partial charge in [-0.1, -0.05) is 12.1 Å². The zero-order valence-corrected chi connectivity index (χ0v) is 14.5. The maximum absolute atomic E-state index is 11.8. The van der Waals surface area contributed by atoms with Crippen LogP contribution in [0.15, 0.2) is 12.1 Å². The van der Waals surface area contributed by atoms with Crippen molar-refractivity contribution in [3.8, 4) is 5.75 Å². The van der Waals surface area contributed by atoms with Gasteiger partial charge in [0.25, 0.3) is 0 Å². The zero-order valence-electron chi connectivity index (χ0n) is 13.6. The van der Waals surface area contributed by atoms with Gasteiger partial charge in [-0.15, -0.1) is 11.3 Å². The van der Waals surface area contributed by atoms with Crippen LogP contribution in [0.25, 0.3) is 0 Å². The fraction of sp³-hybridized carbons (Fsp3) is 0.412. The predicted molar refractivity (Wildman–Crippen MR) is 87.8 cm³/mol. The number of ether oxygens (including phenoxy) is 2. The molecular weight excluding hydrogens is 298 g/mol. The molecule has 1 aromatic heterocycles. The highest BCUT2D eigenvalue weighted by Crippen LogP contribution is 2.27. The van der Waals surface area contributed by atoms with E-state index in [-0.39, 0.29) is 5.97 Å². The summed E-state index contributed by atoms with van der Waals surface area (Å²) >= 11 is 1.33. The normalized spacial score (nSPS) is 10.6. The van der Waals surface area contributed by atoms with Crippen molar-refractivity contribution < 1.29 is 14.3 Å². The lowest BCUT2D eigenvalue weighted by Crippen LogP contribution is -2.03. The van der Waals surface area contributed by atoms with Gasteiger partial charge in [-0.2, -0.15) is 0 Å². The Morgan fingerprint density at radius 2 is 1.86 bits per heavy atom. The van der Waals surface area contributed by atoms with Gasteiger partial charge in [-0.25, -0.2) is 9.78 Å². The molecule has 0 atom stereocenters. The summed E-state index contributed by atoms with van der Waals surface area (Å²) in [6.45, 7) is 10.5. The molecular formula is C17H21NO3S. The Morgan fingerprint density at radius 3 is 2.55 bits per heavy atom. The van der Waals surface area contributed by atoms with Crippen LogP contribution in [-0.2, 0) is 11.3 Å². The summed E-state index contributed by atoms with van der Waals surface area (Å²) in [5.41, 5.74) is 4.13. The fourth-order valence-corrected chi connectivity index (χ4v) is 3.05. The van der Waals surface area contributed by atoms with Crippen LogP contribution in [0, 0.1) is 27.7 Å². The van der Waals surface area contributed by atoms with Gasteiger partial charge in [0.2, 0.25) is 0 Å². The second-order valence-electron chi connectivity index (χ2n) is 5.18. The lowest BCUT2D eigenvalue weighted by Gasteiger charge is -2.12. The quantitative estimate of drug-likeness (QED) is 0.777. The van der Waals surface area contributed by atoms with Gasteiger partial charge >= 0.3 is 5.97 Å². The summed E-state index contributed by atoms with van der Waals surface area (Å²) in [5.74, 6) is 0.581. The maximum Gasteiger partial charge on any atom is 0.350 e. The Bertz CT molecular complexity index is 691. The van der Waals surface area contributed by atoms with Crippen LogP contribution in [0.4, 0.5) is 0 Å². The first-order chi connectivity index (χ1) is 10.4. The Kier molecular flexibility index (Phi) is 5.19. The number of benzene rings is 1. The van der Waals surface area contributed by atoms with Crippen molar-refractivity contribution in [2.75, 3.05) is 6.61 Å². The van der Waals surface area contributed by atoms with Crippen LogP contribution < -0.4 is 4.74 Å². The number of hydrogen-bond acceptors (Lipinski definition) is 5. The van der Waals surface area contributed by atoms with Crippen LogP contribution in [0.2, 0.25) is 0 Å². The first-order valence-electron chi connectivity index (χ1n) is 7.27. The van der Waals surface area contributed by atoms with Crippen LogP contribution in [0.5, 0.6) is 5.75 Å². The largest absolute Gasteiger partial charge is 0.486 e. The Hall–Kier alpha value is -1.88. The van der Waals surface area contributed by atoms with Crippen molar-refractivity contribution in [1.82, 2.24) is 4.98 Å². The molecule has 0 unspecified atom stereocenters. The molecule has 0 saturated heterocycles. The van der Waals surface area contributed by atoms with Gasteiger partial charge in [-0.3, -0.25) is 0 Å². The molecule has 4 nitrogen and oxygen atoms in total. The van der Waals surface area contributed by atoms with Gasteiger partial charge in [0.1, 0.15) is 22.2 Å². The average Bonchev–Trinajstić information content (AvgIpc) is 2.84.